The van der Waals surface area contributed by atoms with Gasteiger partial charge >= 0.3 is 0 Å². The molecule has 4 nitrogen and oxygen atoms in total. The Balaban J connectivity index is 2.64. The lowest BCUT2D eigenvalue weighted by atomic mass is 10.2. The van der Waals surface area contributed by atoms with Crippen LogP contribution in [0.1, 0.15) is 31.3 Å². The third-order valence-corrected chi connectivity index (χ3v) is 2.52. The molecular formula is C12H20ClN3O. The first kappa shape index (κ1) is 14.2. The first-order valence-corrected chi connectivity index (χ1v) is 6.19. The Kier molecular flexibility index (Phi) is 5.65. The average Bonchev–Trinajstić information content (AvgIpc) is 2.26. The van der Waals surface area contributed by atoms with Crippen molar-refractivity contribution in [2.45, 2.75) is 32.1 Å². The van der Waals surface area contributed by atoms with Crippen LogP contribution >= 0.6 is 11.6 Å². The molecule has 0 spiro atoms. The molecule has 1 rings (SSSR count). The van der Waals surface area contributed by atoms with Gasteiger partial charge in [0.2, 0.25) is 0 Å². The molecule has 0 aromatic carbocycles. The molecule has 1 unspecified atom stereocenters. The summed E-state index contributed by atoms with van der Waals surface area (Å²) >= 11 is 6.04. The molecule has 0 radical (unpaired) electrons. The predicted molar refractivity (Wildman–Crippen MR) is 70.9 cm³/mol. The monoisotopic (exact) mass is 257 g/mol. The summed E-state index contributed by atoms with van der Waals surface area (Å²) in [5.74, 6) is 1.99. The highest BCUT2D eigenvalue weighted by Crippen LogP contribution is 2.13. The van der Waals surface area contributed by atoms with Gasteiger partial charge in [0.05, 0.1) is 12.0 Å². The van der Waals surface area contributed by atoms with Gasteiger partial charge in [-0.3, -0.25) is 0 Å². The number of alkyl halides is 1. The van der Waals surface area contributed by atoms with Crippen molar-refractivity contribution in [2.75, 3.05) is 25.6 Å². The number of nitrogens with zero attached hydrogens (tertiary/aromatic N) is 2. The molecule has 1 atom stereocenters. The lowest BCUT2D eigenvalue weighted by Crippen LogP contribution is -2.20. The summed E-state index contributed by atoms with van der Waals surface area (Å²) in [6, 6.07) is 1.92. The third kappa shape index (κ3) is 4.88. The molecule has 0 aliphatic heterocycles. The maximum atomic E-state index is 6.04. The van der Waals surface area contributed by atoms with Crippen molar-refractivity contribution in [1.82, 2.24) is 9.97 Å². The van der Waals surface area contributed by atoms with Crippen molar-refractivity contribution in [2.24, 2.45) is 0 Å². The highest BCUT2D eigenvalue weighted by Gasteiger charge is 2.08. The van der Waals surface area contributed by atoms with E-state index in [0.717, 1.165) is 17.3 Å². The molecule has 1 heterocycles. The van der Waals surface area contributed by atoms with Crippen LogP contribution in [0, 0.1) is 6.92 Å². The molecule has 0 aliphatic rings. The van der Waals surface area contributed by atoms with Crippen LogP contribution in [0.5, 0.6) is 0 Å². The van der Waals surface area contributed by atoms with Gasteiger partial charge in [-0.05, 0) is 6.92 Å². The van der Waals surface area contributed by atoms with Crippen LogP contribution in [-0.2, 0) is 4.74 Å². The number of rotatable bonds is 6. The summed E-state index contributed by atoms with van der Waals surface area (Å²) in [4.78, 5) is 8.83. The Morgan fingerprint density at radius 1 is 1.41 bits per heavy atom. The van der Waals surface area contributed by atoms with Gasteiger partial charge in [0.25, 0.3) is 0 Å². The molecule has 96 valence electrons. The summed E-state index contributed by atoms with van der Waals surface area (Å²) in [7, 11) is 1.64. The maximum absolute atomic E-state index is 6.04. The van der Waals surface area contributed by atoms with Crippen molar-refractivity contribution >= 4 is 17.4 Å². The number of nitrogens with one attached hydrogen (secondary N) is 1. The quantitative estimate of drug-likeness (QED) is 0.796. The Labute approximate surface area is 108 Å². The fraction of sp³-hybridized carbons (Fsp3) is 0.667. The van der Waals surface area contributed by atoms with E-state index >= 15 is 0 Å². The minimum absolute atomic E-state index is 0.0576. The summed E-state index contributed by atoms with van der Waals surface area (Å²) in [5, 5.41) is 3.14. The summed E-state index contributed by atoms with van der Waals surface area (Å²) in [5.41, 5.74) is 0.962. The number of halogens is 1. The molecule has 1 aromatic heterocycles. The van der Waals surface area contributed by atoms with Crippen molar-refractivity contribution in [3.8, 4) is 0 Å². The number of aryl methyl sites for hydroxylation is 1. The van der Waals surface area contributed by atoms with Gasteiger partial charge in [0.15, 0.2) is 0 Å². The number of methoxy groups -OCH3 is 1. The second-order valence-corrected chi connectivity index (χ2v) is 4.96. The van der Waals surface area contributed by atoms with E-state index in [2.05, 4.69) is 29.1 Å². The first-order chi connectivity index (χ1) is 8.02. The van der Waals surface area contributed by atoms with Crippen LogP contribution < -0.4 is 5.32 Å². The van der Waals surface area contributed by atoms with E-state index in [4.69, 9.17) is 16.3 Å². The zero-order chi connectivity index (χ0) is 12.8. The molecule has 0 saturated carbocycles. The molecule has 0 bridgehead atoms. The third-order valence-electron chi connectivity index (χ3n) is 2.24. The second kappa shape index (κ2) is 6.77. The van der Waals surface area contributed by atoms with E-state index < -0.39 is 0 Å². The Bertz CT molecular complexity index is 358. The fourth-order valence-electron chi connectivity index (χ4n) is 1.40. The predicted octanol–water partition coefficient (Wildman–Crippen LogP) is 2.57. The number of hydrogen-bond donors (Lipinski definition) is 1. The minimum Gasteiger partial charge on any atom is -0.383 e. The number of anilines is 1. The largest absolute Gasteiger partial charge is 0.383 e. The van der Waals surface area contributed by atoms with Gasteiger partial charge in [-0.1, -0.05) is 13.8 Å². The van der Waals surface area contributed by atoms with E-state index in [-0.39, 0.29) is 5.38 Å². The van der Waals surface area contributed by atoms with Crippen LogP contribution in [0.25, 0.3) is 0 Å². The molecule has 5 heteroatoms. The molecule has 0 saturated heterocycles. The molecule has 17 heavy (non-hydrogen) atoms. The van der Waals surface area contributed by atoms with Gasteiger partial charge in [-0.15, -0.1) is 11.6 Å². The molecule has 0 fully saturated rings. The van der Waals surface area contributed by atoms with Crippen molar-refractivity contribution in [1.29, 1.82) is 0 Å². The standard InChI is InChI=1S/C12H20ClN3O/c1-8(2)12-15-9(3)5-11(16-12)14-6-10(13)7-17-4/h5,8,10H,6-7H2,1-4H3,(H,14,15,16). The SMILES string of the molecule is COCC(Cl)CNc1cc(C)nc(C(C)C)n1. The van der Waals surface area contributed by atoms with Gasteiger partial charge in [0, 0.05) is 31.3 Å². The number of aromatic nitrogens is 2. The second-order valence-electron chi connectivity index (χ2n) is 4.34. The van der Waals surface area contributed by atoms with Crippen LogP contribution in [0.2, 0.25) is 0 Å². The van der Waals surface area contributed by atoms with E-state index in [1.54, 1.807) is 7.11 Å². The molecule has 1 N–H and O–H groups in total. The number of hydrogen-bond acceptors (Lipinski definition) is 4. The topological polar surface area (TPSA) is 47.0 Å². The van der Waals surface area contributed by atoms with E-state index in [0.29, 0.717) is 19.1 Å². The fourth-order valence-corrected chi connectivity index (χ4v) is 1.60. The zero-order valence-corrected chi connectivity index (χ0v) is 11.6. The molecule has 0 amide bonds. The van der Waals surface area contributed by atoms with Gasteiger partial charge in [-0.25, -0.2) is 9.97 Å². The van der Waals surface area contributed by atoms with E-state index in [9.17, 15) is 0 Å². The summed E-state index contributed by atoms with van der Waals surface area (Å²) in [6.45, 7) is 7.27. The minimum atomic E-state index is -0.0576. The van der Waals surface area contributed by atoms with E-state index in [1.165, 1.54) is 0 Å². The highest BCUT2D eigenvalue weighted by molar-refractivity contribution is 6.21. The average molecular weight is 258 g/mol. The maximum Gasteiger partial charge on any atom is 0.133 e. The van der Waals surface area contributed by atoms with Gasteiger partial charge in [0.1, 0.15) is 11.6 Å². The smallest absolute Gasteiger partial charge is 0.133 e. The zero-order valence-electron chi connectivity index (χ0n) is 10.8. The van der Waals surface area contributed by atoms with Crippen LogP contribution in [-0.4, -0.2) is 35.6 Å². The Morgan fingerprint density at radius 3 is 2.71 bits per heavy atom. The lowest BCUT2D eigenvalue weighted by Gasteiger charge is -2.12. The van der Waals surface area contributed by atoms with Crippen molar-refractivity contribution in [3.63, 3.8) is 0 Å². The molecule has 1 aromatic rings. The van der Waals surface area contributed by atoms with Crippen molar-refractivity contribution in [3.05, 3.63) is 17.6 Å². The van der Waals surface area contributed by atoms with Crippen LogP contribution in [0.15, 0.2) is 6.07 Å². The molecule has 0 aliphatic carbocycles. The van der Waals surface area contributed by atoms with Gasteiger partial charge < -0.3 is 10.1 Å². The highest BCUT2D eigenvalue weighted by atomic mass is 35.5. The summed E-state index contributed by atoms with van der Waals surface area (Å²) in [6.07, 6.45) is 0. The Hall–Kier alpha value is -0.870. The first-order valence-electron chi connectivity index (χ1n) is 5.75. The summed E-state index contributed by atoms with van der Waals surface area (Å²) < 4.78 is 4.97. The van der Waals surface area contributed by atoms with Crippen LogP contribution in [0.4, 0.5) is 5.82 Å². The van der Waals surface area contributed by atoms with Crippen molar-refractivity contribution < 1.29 is 4.74 Å². The van der Waals surface area contributed by atoms with E-state index in [1.807, 2.05) is 13.0 Å². The Morgan fingerprint density at radius 2 is 2.12 bits per heavy atom. The normalized spacial score (nSPS) is 12.8. The lowest BCUT2D eigenvalue weighted by molar-refractivity contribution is 0.200. The van der Waals surface area contributed by atoms with Crippen LogP contribution in [0.3, 0.4) is 0 Å². The van der Waals surface area contributed by atoms with Gasteiger partial charge in [-0.2, -0.15) is 0 Å². The molecular weight excluding hydrogens is 238 g/mol. The number of ether oxygens (including phenoxy) is 1.